The molecule has 0 amide bonds. The average molecular weight is 286 g/mol. The Morgan fingerprint density at radius 1 is 1.25 bits per heavy atom. The monoisotopic (exact) mass is 286 g/mol. The van der Waals surface area contributed by atoms with E-state index in [2.05, 4.69) is 17.1 Å². The number of nitrogens with zero attached hydrogens (tertiary/aromatic N) is 1. The van der Waals surface area contributed by atoms with Gasteiger partial charge in [0.05, 0.1) is 5.56 Å². The number of hydrogen-bond donors (Lipinski definition) is 1. The zero-order chi connectivity index (χ0) is 14.6. The second-order valence-corrected chi connectivity index (χ2v) is 5.32. The maximum atomic E-state index is 12.5. The summed E-state index contributed by atoms with van der Waals surface area (Å²) >= 11 is 0. The second kappa shape index (κ2) is 6.59. The fraction of sp³-hybridized carbons (Fsp3) is 0.600. The summed E-state index contributed by atoms with van der Waals surface area (Å²) in [6, 6.07) is 6.00. The molecule has 1 fully saturated rings. The second-order valence-electron chi connectivity index (χ2n) is 5.32. The molecular formula is C15H21F3N2. The molecule has 2 nitrogen and oxygen atoms in total. The minimum atomic E-state index is -4.25. The van der Waals surface area contributed by atoms with Gasteiger partial charge in [0.1, 0.15) is 0 Å². The van der Waals surface area contributed by atoms with Crippen LogP contribution in [0.25, 0.3) is 0 Å². The molecule has 1 heterocycles. The molecule has 1 aromatic carbocycles. The van der Waals surface area contributed by atoms with Crippen molar-refractivity contribution in [3.05, 3.63) is 35.4 Å². The van der Waals surface area contributed by atoms with Crippen molar-refractivity contribution >= 4 is 0 Å². The van der Waals surface area contributed by atoms with Gasteiger partial charge in [-0.3, -0.25) is 4.90 Å². The summed E-state index contributed by atoms with van der Waals surface area (Å²) in [4.78, 5) is 2.27. The highest BCUT2D eigenvalue weighted by atomic mass is 19.4. The first-order valence-corrected chi connectivity index (χ1v) is 7.11. The Bertz CT molecular complexity index is 408. The molecule has 0 aliphatic carbocycles. The summed E-state index contributed by atoms with van der Waals surface area (Å²) in [5.74, 6) is 0. The molecule has 0 bridgehead atoms. The number of rotatable bonds is 5. The van der Waals surface area contributed by atoms with Gasteiger partial charge in [-0.2, -0.15) is 13.2 Å². The number of nitrogens with one attached hydrogen (secondary N) is 1. The summed E-state index contributed by atoms with van der Waals surface area (Å²) in [7, 11) is 0. The molecule has 0 aromatic heterocycles. The van der Waals surface area contributed by atoms with Gasteiger partial charge >= 0.3 is 6.18 Å². The molecular weight excluding hydrogens is 265 g/mol. The zero-order valence-corrected chi connectivity index (χ0v) is 11.7. The smallest absolute Gasteiger partial charge is 0.313 e. The molecule has 20 heavy (non-hydrogen) atoms. The van der Waals surface area contributed by atoms with Gasteiger partial charge in [0.2, 0.25) is 0 Å². The van der Waals surface area contributed by atoms with E-state index >= 15 is 0 Å². The van der Waals surface area contributed by atoms with Crippen LogP contribution >= 0.6 is 0 Å². The number of likely N-dealkylation sites (N-methyl/N-ethyl adjacent to an activating group) is 1. The van der Waals surface area contributed by atoms with E-state index < -0.39 is 11.7 Å². The van der Waals surface area contributed by atoms with Gasteiger partial charge in [-0.15, -0.1) is 0 Å². The summed E-state index contributed by atoms with van der Waals surface area (Å²) in [5, 5.41) is 3.45. The molecule has 1 aromatic rings. The first-order valence-electron chi connectivity index (χ1n) is 7.11. The zero-order valence-electron chi connectivity index (χ0n) is 11.7. The molecule has 0 radical (unpaired) electrons. The van der Waals surface area contributed by atoms with Gasteiger partial charge < -0.3 is 5.32 Å². The normalized spacial score (nSPS) is 19.8. The first-order chi connectivity index (χ1) is 9.49. The standard InChI is InChI=1S/C15H21F3N2/c1-2-20(11-14-4-3-9-19-14)10-12-5-7-13(8-6-12)15(16,17)18/h5-8,14,19H,2-4,9-11H2,1H3. The van der Waals surface area contributed by atoms with Crippen LogP contribution in [0.4, 0.5) is 13.2 Å². The Labute approximate surface area is 118 Å². The summed E-state index contributed by atoms with van der Waals surface area (Å²) < 4.78 is 37.5. The van der Waals surface area contributed by atoms with Crippen LogP contribution < -0.4 is 5.32 Å². The fourth-order valence-corrected chi connectivity index (χ4v) is 2.59. The van der Waals surface area contributed by atoms with E-state index in [1.807, 2.05) is 0 Å². The Hall–Kier alpha value is -1.07. The molecule has 5 heteroatoms. The van der Waals surface area contributed by atoms with E-state index in [1.165, 1.54) is 12.8 Å². The van der Waals surface area contributed by atoms with Crippen molar-refractivity contribution in [3.8, 4) is 0 Å². The lowest BCUT2D eigenvalue weighted by molar-refractivity contribution is -0.137. The lowest BCUT2D eigenvalue weighted by atomic mass is 10.1. The number of alkyl halides is 3. The first kappa shape index (κ1) is 15.3. The fourth-order valence-electron chi connectivity index (χ4n) is 2.59. The molecule has 1 saturated heterocycles. The molecule has 1 unspecified atom stereocenters. The minimum absolute atomic E-state index is 0.518. The quantitative estimate of drug-likeness (QED) is 0.893. The third kappa shape index (κ3) is 4.21. The highest BCUT2D eigenvalue weighted by Gasteiger charge is 2.30. The molecule has 0 saturated carbocycles. The van der Waals surface area contributed by atoms with Crippen molar-refractivity contribution in [1.82, 2.24) is 10.2 Å². The van der Waals surface area contributed by atoms with Crippen molar-refractivity contribution in [2.75, 3.05) is 19.6 Å². The molecule has 0 spiro atoms. The Morgan fingerprint density at radius 3 is 2.45 bits per heavy atom. The van der Waals surface area contributed by atoms with Gasteiger partial charge in [0.15, 0.2) is 0 Å². The summed E-state index contributed by atoms with van der Waals surface area (Å²) in [6.45, 7) is 5.71. The van der Waals surface area contributed by atoms with Gasteiger partial charge in [-0.25, -0.2) is 0 Å². The molecule has 1 atom stereocenters. The van der Waals surface area contributed by atoms with Crippen LogP contribution in [-0.2, 0) is 12.7 Å². The van der Waals surface area contributed by atoms with E-state index in [4.69, 9.17) is 0 Å². The lowest BCUT2D eigenvalue weighted by Gasteiger charge is -2.24. The van der Waals surface area contributed by atoms with Crippen LogP contribution in [0.15, 0.2) is 24.3 Å². The molecule has 112 valence electrons. The predicted octanol–water partition coefficient (Wildman–Crippen LogP) is 3.28. The minimum Gasteiger partial charge on any atom is -0.313 e. The third-order valence-electron chi connectivity index (χ3n) is 3.78. The third-order valence-corrected chi connectivity index (χ3v) is 3.78. The van der Waals surface area contributed by atoms with E-state index in [1.54, 1.807) is 12.1 Å². The van der Waals surface area contributed by atoms with Crippen molar-refractivity contribution in [1.29, 1.82) is 0 Å². The van der Waals surface area contributed by atoms with Crippen LogP contribution in [0.1, 0.15) is 30.9 Å². The maximum Gasteiger partial charge on any atom is 0.416 e. The number of hydrogen-bond acceptors (Lipinski definition) is 2. The van der Waals surface area contributed by atoms with E-state index in [-0.39, 0.29) is 0 Å². The van der Waals surface area contributed by atoms with Crippen molar-refractivity contribution in [3.63, 3.8) is 0 Å². The number of halogens is 3. The molecule has 1 aliphatic heterocycles. The van der Waals surface area contributed by atoms with Crippen LogP contribution in [-0.4, -0.2) is 30.6 Å². The van der Waals surface area contributed by atoms with Crippen molar-refractivity contribution in [2.24, 2.45) is 0 Å². The van der Waals surface area contributed by atoms with Crippen LogP contribution in [0, 0.1) is 0 Å². The molecule has 1 N–H and O–H groups in total. The lowest BCUT2D eigenvalue weighted by Crippen LogP contribution is -2.37. The summed E-state index contributed by atoms with van der Waals surface area (Å²) in [5.41, 5.74) is 0.347. The number of benzene rings is 1. The Morgan fingerprint density at radius 2 is 1.95 bits per heavy atom. The van der Waals surface area contributed by atoms with Crippen molar-refractivity contribution in [2.45, 2.75) is 38.5 Å². The van der Waals surface area contributed by atoms with Crippen LogP contribution in [0.3, 0.4) is 0 Å². The van der Waals surface area contributed by atoms with Gasteiger partial charge in [-0.1, -0.05) is 19.1 Å². The highest BCUT2D eigenvalue weighted by molar-refractivity contribution is 5.24. The SMILES string of the molecule is CCN(Cc1ccc(C(F)(F)F)cc1)CC1CCCN1. The average Bonchev–Trinajstić information content (AvgIpc) is 2.90. The summed E-state index contributed by atoms with van der Waals surface area (Å²) in [6.07, 6.45) is -1.86. The van der Waals surface area contributed by atoms with Gasteiger partial charge in [0.25, 0.3) is 0 Å². The van der Waals surface area contributed by atoms with Gasteiger partial charge in [0, 0.05) is 19.1 Å². The van der Waals surface area contributed by atoms with Crippen molar-refractivity contribution < 1.29 is 13.2 Å². The van der Waals surface area contributed by atoms with Crippen LogP contribution in [0.2, 0.25) is 0 Å². The van der Waals surface area contributed by atoms with Crippen LogP contribution in [0.5, 0.6) is 0 Å². The topological polar surface area (TPSA) is 15.3 Å². The van der Waals surface area contributed by atoms with E-state index in [0.717, 1.165) is 37.3 Å². The maximum absolute atomic E-state index is 12.5. The predicted molar refractivity (Wildman–Crippen MR) is 73.4 cm³/mol. The highest BCUT2D eigenvalue weighted by Crippen LogP contribution is 2.29. The van der Waals surface area contributed by atoms with Gasteiger partial charge in [-0.05, 0) is 43.6 Å². The Balaban J connectivity index is 1.93. The largest absolute Gasteiger partial charge is 0.416 e. The molecule has 1 aliphatic rings. The van der Waals surface area contributed by atoms with E-state index in [0.29, 0.717) is 12.6 Å². The Kier molecular flexibility index (Phi) is 5.05. The molecule has 2 rings (SSSR count). The van der Waals surface area contributed by atoms with E-state index in [9.17, 15) is 13.2 Å².